The molecule has 0 saturated carbocycles. The molecule has 2 amide bonds. The second-order valence-electron chi connectivity index (χ2n) is 16.3. The number of aromatic amines is 2. The van der Waals surface area contributed by atoms with Crippen LogP contribution in [-0.2, 0) is 46.2 Å². The normalized spacial score (nSPS) is 19.0. The van der Waals surface area contributed by atoms with E-state index in [4.69, 9.17) is 47.7 Å². The molecule has 316 valence electrons. The van der Waals surface area contributed by atoms with Crippen LogP contribution in [0.15, 0.2) is 79.1 Å². The summed E-state index contributed by atoms with van der Waals surface area (Å²) in [5.41, 5.74) is 36.5. The Morgan fingerprint density at radius 3 is 1.69 bits per heavy atom. The predicted octanol–water partition coefficient (Wildman–Crippen LogP) is 3.95. The van der Waals surface area contributed by atoms with Crippen molar-refractivity contribution in [3.8, 4) is 0 Å². The van der Waals surface area contributed by atoms with Crippen molar-refractivity contribution >= 4 is 23.2 Å². The van der Waals surface area contributed by atoms with Gasteiger partial charge in [0.2, 0.25) is 11.8 Å². The molecule has 4 aromatic carbocycles. The van der Waals surface area contributed by atoms with E-state index in [1.807, 2.05) is 57.2 Å². The zero-order valence-electron chi connectivity index (χ0n) is 34.8. The number of anilines is 2. The fourth-order valence-corrected chi connectivity index (χ4v) is 9.71. The van der Waals surface area contributed by atoms with Crippen LogP contribution in [0, 0.1) is 6.92 Å². The van der Waals surface area contributed by atoms with Crippen molar-refractivity contribution in [2.45, 2.75) is 82.2 Å². The number of nitrogens with one attached hydrogen (secondary N) is 3. The van der Waals surface area contributed by atoms with E-state index in [0.29, 0.717) is 67.1 Å². The average Bonchev–Trinajstić information content (AvgIpc) is 3.90. The first-order valence-electron chi connectivity index (χ1n) is 20.4. The largest absolute Gasteiger partial charge is 0.366 e. The Morgan fingerprint density at radius 1 is 0.754 bits per heavy atom. The Kier molecular flexibility index (Phi) is 11.3. The van der Waals surface area contributed by atoms with E-state index in [-0.39, 0.29) is 18.8 Å². The number of aryl methyl sites for hydroxylation is 5. The van der Waals surface area contributed by atoms with Crippen molar-refractivity contribution in [3.05, 3.63) is 152 Å². The van der Waals surface area contributed by atoms with Crippen LogP contribution in [-0.4, -0.2) is 68.1 Å². The van der Waals surface area contributed by atoms with E-state index in [2.05, 4.69) is 45.0 Å². The third-order valence-corrected chi connectivity index (χ3v) is 12.0. The van der Waals surface area contributed by atoms with E-state index < -0.39 is 22.6 Å². The Balaban J connectivity index is 1.29. The molecule has 61 heavy (non-hydrogen) atoms. The lowest BCUT2D eigenvalue weighted by Crippen LogP contribution is -2.38. The maximum atomic E-state index is 12.4. The molecule has 0 spiro atoms. The molecule has 11 N–H and O–H groups in total. The highest BCUT2D eigenvalue weighted by molar-refractivity contribution is 5.93. The number of benzene rings is 4. The summed E-state index contributed by atoms with van der Waals surface area (Å²) < 4.78 is 0. The fourth-order valence-electron chi connectivity index (χ4n) is 9.71. The Labute approximate surface area is 353 Å². The smallest absolute Gasteiger partial charge is 0.248 e. The van der Waals surface area contributed by atoms with Gasteiger partial charge in [-0.05, 0) is 152 Å². The molecule has 0 saturated heterocycles. The van der Waals surface area contributed by atoms with Gasteiger partial charge in [0.15, 0.2) is 5.82 Å². The maximum absolute atomic E-state index is 12.4. The number of carbonyl (C=O) groups excluding carboxylic acids is 2. The molecule has 16 heteroatoms. The number of aromatic nitrogens is 6. The van der Waals surface area contributed by atoms with Gasteiger partial charge in [0.05, 0.1) is 29.3 Å². The quantitative estimate of drug-likeness (QED) is 0.0469. The average molecular weight is 825 g/mol. The lowest BCUT2D eigenvalue weighted by atomic mass is 9.68. The molecule has 8 rings (SSSR count). The molecule has 2 heterocycles. The third kappa shape index (κ3) is 7.46. The lowest BCUT2D eigenvalue weighted by molar-refractivity contribution is -0.00713. The SMILES string of the molecule is CONCON(c1ccc2c(c1)CCc1cc(C(N)=O)ccc1C2(C[C@@H](C)N)c1n[nH]c(C)n1)c1ccc2c(c1)CCc1cc(C(N)=O)ccc1C2(C[C@@H](C)N)c1ncn[nH]1. The summed E-state index contributed by atoms with van der Waals surface area (Å²) in [7, 11) is 1.53. The van der Waals surface area contributed by atoms with Crippen LogP contribution in [0.5, 0.6) is 0 Å². The van der Waals surface area contributed by atoms with Crippen LogP contribution in [0.1, 0.15) is 109 Å². The predicted molar refractivity (Wildman–Crippen MR) is 230 cm³/mol. The molecular formula is C45H52N12O4. The molecule has 16 nitrogen and oxygen atoms in total. The van der Waals surface area contributed by atoms with Crippen molar-refractivity contribution in [1.82, 2.24) is 35.8 Å². The van der Waals surface area contributed by atoms with Gasteiger partial charge in [0.25, 0.3) is 0 Å². The number of primary amides is 2. The second kappa shape index (κ2) is 16.6. The molecular weight excluding hydrogens is 773 g/mol. The molecule has 0 aliphatic heterocycles. The topological polar surface area (TPSA) is 255 Å². The van der Waals surface area contributed by atoms with Gasteiger partial charge in [-0.15, -0.1) is 0 Å². The summed E-state index contributed by atoms with van der Waals surface area (Å²) in [4.78, 5) is 46.2. The van der Waals surface area contributed by atoms with Gasteiger partial charge in [0.1, 0.15) is 24.7 Å². The Bertz CT molecular complexity index is 2590. The number of carbonyl (C=O) groups is 2. The van der Waals surface area contributed by atoms with Crippen molar-refractivity contribution in [1.29, 1.82) is 0 Å². The van der Waals surface area contributed by atoms with Crippen LogP contribution in [0.25, 0.3) is 0 Å². The molecule has 0 bridgehead atoms. The van der Waals surface area contributed by atoms with E-state index in [9.17, 15) is 9.59 Å². The summed E-state index contributed by atoms with van der Waals surface area (Å²) in [5, 5.41) is 17.1. The number of nitrogens with zero attached hydrogens (tertiary/aromatic N) is 5. The minimum absolute atomic E-state index is 0.0329. The van der Waals surface area contributed by atoms with Gasteiger partial charge in [-0.25, -0.2) is 15.0 Å². The Morgan fingerprint density at radius 2 is 1.25 bits per heavy atom. The summed E-state index contributed by atoms with van der Waals surface area (Å²) in [6.07, 6.45) is 5.06. The zero-order valence-corrected chi connectivity index (χ0v) is 34.8. The van der Waals surface area contributed by atoms with Crippen LogP contribution >= 0.6 is 0 Å². The monoisotopic (exact) mass is 824 g/mol. The third-order valence-electron chi connectivity index (χ3n) is 12.0. The number of hydrogen-bond donors (Lipinski definition) is 7. The van der Waals surface area contributed by atoms with Crippen LogP contribution in [0.3, 0.4) is 0 Å². The van der Waals surface area contributed by atoms with E-state index in [1.165, 1.54) is 13.4 Å². The highest BCUT2D eigenvalue weighted by Gasteiger charge is 2.46. The number of fused-ring (bicyclic) bond motifs is 4. The van der Waals surface area contributed by atoms with Gasteiger partial charge < -0.3 is 27.8 Å². The first-order chi connectivity index (χ1) is 29.3. The summed E-state index contributed by atoms with van der Waals surface area (Å²) in [6, 6.07) is 23.4. The van der Waals surface area contributed by atoms with E-state index in [0.717, 1.165) is 55.9 Å². The number of hydroxylamine groups is 1. The first-order valence-corrected chi connectivity index (χ1v) is 20.4. The van der Waals surface area contributed by atoms with Gasteiger partial charge in [0, 0.05) is 23.2 Å². The van der Waals surface area contributed by atoms with E-state index in [1.54, 1.807) is 17.2 Å². The van der Waals surface area contributed by atoms with Crippen molar-refractivity contribution in [2.75, 3.05) is 18.9 Å². The zero-order chi connectivity index (χ0) is 43.1. The van der Waals surface area contributed by atoms with Gasteiger partial charge in [-0.2, -0.15) is 15.7 Å². The van der Waals surface area contributed by atoms with Crippen LogP contribution in [0.4, 0.5) is 11.4 Å². The molecule has 2 aliphatic carbocycles. The molecule has 6 aromatic rings. The van der Waals surface area contributed by atoms with Gasteiger partial charge >= 0.3 is 0 Å². The van der Waals surface area contributed by atoms with Crippen molar-refractivity contribution < 1.29 is 19.3 Å². The highest BCUT2D eigenvalue weighted by Crippen LogP contribution is 2.50. The number of nitrogens with two attached hydrogens (primary N) is 4. The number of amides is 2. The lowest BCUT2D eigenvalue weighted by Gasteiger charge is -2.37. The van der Waals surface area contributed by atoms with Crippen LogP contribution in [0.2, 0.25) is 0 Å². The summed E-state index contributed by atoms with van der Waals surface area (Å²) >= 11 is 0. The Hall–Kier alpha value is -6.30. The maximum Gasteiger partial charge on any atom is 0.248 e. The van der Waals surface area contributed by atoms with Crippen molar-refractivity contribution in [2.24, 2.45) is 22.9 Å². The van der Waals surface area contributed by atoms with Crippen molar-refractivity contribution in [3.63, 3.8) is 0 Å². The van der Waals surface area contributed by atoms with E-state index >= 15 is 0 Å². The minimum atomic E-state index is -0.851. The van der Waals surface area contributed by atoms with Crippen LogP contribution < -0.4 is 33.5 Å². The first kappa shape index (κ1) is 41.4. The summed E-state index contributed by atoms with van der Waals surface area (Å²) in [6.45, 7) is 5.87. The van der Waals surface area contributed by atoms with Gasteiger partial charge in [-0.3, -0.25) is 24.6 Å². The molecule has 0 fully saturated rings. The van der Waals surface area contributed by atoms with Gasteiger partial charge in [-0.1, -0.05) is 24.3 Å². The molecule has 4 atom stereocenters. The number of H-pyrrole nitrogens is 2. The summed E-state index contributed by atoms with van der Waals surface area (Å²) in [5.74, 6) is 0.937. The molecule has 2 aromatic heterocycles. The number of hydrogen-bond acceptors (Lipinski definition) is 12. The highest BCUT2D eigenvalue weighted by atomic mass is 16.7. The number of rotatable bonds is 14. The second-order valence-corrected chi connectivity index (χ2v) is 16.3. The standard InChI is InChI=1S/C45H52N12O4/c1-25(46)21-44(42-50-23-51-55-42)36-13-9-32(40(48)58)17-28(36)5-7-30-19-34(11-15-38(30)44)57(61-24-52-60-4)35-12-16-39-31(20-35)8-6-29-18-33(41(49)59)10-14-37(29)45(39,22-26(2)47)43-53-27(3)54-56-43/h9-20,23,25-26,52H,5-8,21-22,24,46-47H2,1-4H3,(H2,48,58)(H2,49,59)(H,50,51,55)(H,53,54,56)/t25-,26-,44?,45?/m1/s1. The minimum Gasteiger partial charge on any atom is -0.366 e. The molecule has 2 aliphatic rings. The fraction of sp³-hybridized carbons (Fsp3) is 0.333. The molecule has 0 radical (unpaired) electrons. The molecule has 2 unspecified atom stereocenters.